The highest BCUT2D eigenvalue weighted by molar-refractivity contribution is 14.0. The zero-order valence-electron chi connectivity index (χ0n) is 17.8. The Balaban J connectivity index is 0.00000420. The second-order valence-corrected chi connectivity index (χ2v) is 7.49. The fourth-order valence-electron chi connectivity index (χ4n) is 2.78. The summed E-state index contributed by atoms with van der Waals surface area (Å²) in [5, 5.41) is 11.4. The molecule has 0 aromatic carbocycles. The Labute approximate surface area is 192 Å². The number of esters is 1. The van der Waals surface area contributed by atoms with Crippen LogP contribution in [0.1, 0.15) is 63.7 Å². The van der Waals surface area contributed by atoms with Gasteiger partial charge in [0.2, 0.25) is 0 Å². The van der Waals surface area contributed by atoms with Crippen LogP contribution >= 0.6 is 35.3 Å². The van der Waals surface area contributed by atoms with E-state index in [1.165, 1.54) is 16.9 Å². The summed E-state index contributed by atoms with van der Waals surface area (Å²) in [6.07, 6.45) is 1.83. The number of hydrogen-bond acceptors (Lipinski definition) is 7. The largest absolute Gasteiger partial charge is 0.462 e. The predicted octanol–water partition coefficient (Wildman–Crippen LogP) is 3.71. The van der Waals surface area contributed by atoms with Crippen molar-refractivity contribution >= 4 is 47.2 Å². The van der Waals surface area contributed by atoms with Gasteiger partial charge >= 0.3 is 5.97 Å². The number of carbonyl (C=O) groups excluding carboxylic acids is 1. The van der Waals surface area contributed by atoms with Crippen molar-refractivity contribution in [3.05, 3.63) is 32.6 Å². The second-order valence-electron chi connectivity index (χ2n) is 6.46. The van der Waals surface area contributed by atoms with Gasteiger partial charge in [0.1, 0.15) is 15.6 Å². The molecular weight excluding hydrogens is 505 g/mol. The van der Waals surface area contributed by atoms with Gasteiger partial charge in [0.05, 0.1) is 24.0 Å². The Kier molecular flexibility index (Phi) is 10.6. The van der Waals surface area contributed by atoms with E-state index in [0.717, 1.165) is 35.8 Å². The predicted molar refractivity (Wildman–Crippen MR) is 125 cm³/mol. The van der Waals surface area contributed by atoms with Gasteiger partial charge in [0, 0.05) is 19.2 Å². The lowest BCUT2D eigenvalue weighted by atomic mass is 10.1. The highest BCUT2D eigenvalue weighted by Gasteiger charge is 2.20. The molecule has 2 aromatic heterocycles. The van der Waals surface area contributed by atoms with Gasteiger partial charge < -0.3 is 19.9 Å². The van der Waals surface area contributed by atoms with Crippen LogP contribution in [-0.4, -0.2) is 42.3 Å². The quantitative estimate of drug-likeness (QED) is 0.175. The van der Waals surface area contributed by atoms with Crippen LogP contribution in [0.2, 0.25) is 0 Å². The van der Waals surface area contributed by atoms with Crippen LogP contribution < -0.4 is 10.6 Å². The van der Waals surface area contributed by atoms with Crippen molar-refractivity contribution in [3.63, 3.8) is 0 Å². The summed E-state index contributed by atoms with van der Waals surface area (Å²) >= 11 is 1.35. The molecule has 29 heavy (non-hydrogen) atoms. The lowest BCUT2D eigenvalue weighted by molar-refractivity contribution is 0.0531. The Morgan fingerprint density at radius 3 is 2.62 bits per heavy atom. The Morgan fingerprint density at radius 1 is 1.31 bits per heavy atom. The van der Waals surface area contributed by atoms with Gasteiger partial charge in [-0.3, -0.25) is 4.99 Å². The third-order valence-corrected chi connectivity index (χ3v) is 5.62. The number of rotatable bonds is 8. The van der Waals surface area contributed by atoms with E-state index in [9.17, 15) is 4.79 Å². The lowest BCUT2D eigenvalue weighted by Crippen LogP contribution is -2.39. The molecule has 0 fully saturated rings. The molecule has 0 bridgehead atoms. The molecule has 2 rings (SSSR count). The molecule has 0 aliphatic carbocycles. The maximum absolute atomic E-state index is 12.0. The minimum atomic E-state index is -0.321. The summed E-state index contributed by atoms with van der Waals surface area (Å²) in [5.74, 6) is 1.25. The van der Waals surface area contributed by atoms with Crippen LogP contribution in [0, 0.1) is 20.8 Å². The molecule has 162 valence electrons. The first-order chi connectivity index (χ1) is 13.4. The number of aryl methyl sites for hydroxylation is 3. The zero-order valence-corrected chi connectivity index (χ0v) is 20.9. The number of halogens is 1. The minimum Gasteiger partial charge on any atom is -0.462 e. The van der Waals surface area contributed by atoms with E-state index in [4.69, 9.17) is 9.26 Å². The average Bonchev–Trinajstić information content (AvgIpc) is 3.20. The SMILES string of the molecule is CCOC(=O)c1sc(C(C)NC(=NC)NCCCc2c(C)noc2C)nc1C.I. The summed E-state index contributed by atoms with van der Waals surface area (Å²) in [4.78, 5) is 21.3. The van der Waals surface area contributed by atoms with E-state index in [2.05, 4.69) is 25.8 Å². The standard InChI is InChI=1S/C19H29N5O3S.HI/c1-7-26-18(25)16-12(3)22-17(28-16)13(4)23-19(20-6)21-10-8-9-15-11(2)24-27-14(15)5;/h13H,7-10H2,1-6H3,(H2,20,21,23);1H. The number of ether oxygens (including phenoxy) is 1. The monoisotopic (exact) mass is 535 g/mol. The Hall–Kier alpha value is -1.69. The molecule has 10 heteroatoms. The number of thiazole rings is 1. The highest BCUT2D eigenvalue weighted by atomic mass is 127. The maximum Gasteiger partial charge on any atom is 0.350 e. The summed E-state index contributed by atoms with van der Waals surface area (Å²) in [6, 6.07) is -0.0827. The van der Waals surface area contributed by atoms with Gasteiger partial charge in [-0.25, -0.2) is 9.78 Å². The van der Waals surface area contributed by atoms with Crippen LogP contribution in [0.3, 0.4) is 0 Å². The van der Waals surface area contributed by atoms with Crippen molar-refractivity contribution in [2.24, 2.45) is 4.99 Å². The number of guanidine groups is 1. The lowest BCUT2D eigenvalue weighted by Gasteiger charge is -2.16. The fourth-order valence-corrected chi connectivity index (χ4v) is 3.74. The van der Waals surface area contributed by atoms with Crippen molar-refractivity contribution in [1.82, 2.24) is 20.8 Å². The van der Waals surface area contributed by atoms with Gasteiger partial charge in [-0.15, -0.1) is 35.3 Å². The second kappa shape index (κ2) is 12.1. The maximum atomic E-state index is 12.0. The zero-order chi connectivity index (χ0) is 20.7. The van der Waals surface area contributed by atoms with Crippen LogP contribution in [0.15, 0.2) is 9.52 Å². The van der Waals surface area contributed by atoms with Crippen molar-refractivity contribution in [1.29, 1.82) is 0 Å². The first-order valence-corrected chi connectivity index (χ1v) is 10.2. The van der Waals surface area contributed by atoms with Crippen molar-refractivity contribution in [2.75, 3.05) is 20.2 Å². The number of carbonyl (C=O) groups is 1. The molecule has 2 N–H and O–H groups in total. The number of nitrogens with zero attached hydrogens (tertiary/aromatic N) is 3. The van der Waals surface area contributed by atoms with E-state index in [1.807, 2.05) is 27.7 Å². The van der Waals surface area contributed by atoms with Crippen molar-refractivity contribution < 1.29 is 14.1 Å². The van der Waals surface area contributed by atoms with E-state index < -0.39 is 0 Å². The minimum absolute atomic E-state index is 0. The summed E-state index contributed by atoms with van der Waals surface area (Å²) < 4.78 is 10.3. The molecule has 0 saturated heterocycles. The number of nitrogens with one attached hydrogen (secondary N) is 2. The van der Waals surface area contributed by atoms with Gasteiger partial charge in [-0.05, 0) is 47.5 Å². The third-order valence-electron chi connectivity index (χ3n) is 4.30. The van der Waals surface area contributed by atoms with Gasteiger partial charge in [-0.2, -0.15) is 0 Å². The Bertz CT molecular complexity index is 814. The first kappa shape index (κ1) is 25.3. The van der Waals surface area contributed by atoms with Gasteiger partial charge in [0.15, 0.2) is 5.96 Å². The average molecular weight is 535 g/mol. The van der Waals surface area contributed by atoms with E-state index in [-0.39, 0.29) is 36.0 Å². The molecule has 0 radical (unpaired) electrons. The van der Waals surface area contributed by atoms with Crippen molar-refractivity contribution in [3.8, 4) is 0 Å². The third kappa shape index (κ3) is 6.95. The summed E-state index contributed by atoms with van der Waals surface area (Å²) in [7, 11) is 1.73. The topological polar surface area (TPSA) is 102 Å². The molecule has 0 saturated carbocycles. The molecule has 1 atom stereocenters. The molecule has 0 amide bonds. The normalized spacial score (nSPS) is 12.3. The number of aromatic nitrogens is 2. The smallest absolute Gasteiger partial charge is 0.350 e. The summed E-state index contributed by atoms with van der Waals surface area (Å²) in [6.45, 7) is 10.6. The number of hydrogen-bond donors (Lipinski definition) is 2. The molecule has 0 aliphatic heterocycles. The Morgan fingerprint density at radius 2 is 2.03 bits per heavy atom. The van der Waals surface area contributed by atoms with E-state index >= 15 is 0 Å². The van der Waals surface area contributed by atoms with Gasteiger partial charge in [0.25, 0.3) is 0 Å². The summed E-state index contributed by atoms with van der Waals surface area (Å²) in [5.41, 5.74) is 2.81. The molecular formula is C19H30IN5O3S. The van der Waals surface area contributed by atoms with Gasteiger partial charge in [-0.1, -0.05) is 5.16 Å². The van der Waals surface area contributed by atoms with Crippen LogP contribution in [-0.2, 0) is 11.2 Å². The molecule has 1 unspecified atom stereocenters. The van der Waals surface area contributed by atoms with Crippen molar-refractivity contribution in [2.45, 2.75) is 53.5 Å². The molecule has 2 aromatic rings. The van der Waals surface area contributed by atoms with E-state index in [1.54, 1.807) is 14.0 Å². The van der Waals surface area contributed by atoms with Crippen LogP contribution in [0.25, 0.3) is 0 Å². The fraction of sp³-hybridized carbons (Fsp3) is 0.579. The number of aliphatic imine (C=N–C) groups is 1. The molecule has 0 spiro atoms. The molecule has 0 aliphatic rings. The molecule has 2 heterocycles. The van der Waals surface area contributed by atoms with Crippen LogP contribution in [0.5, 0.6) is 0 Å². The van der Waals surface area contributed by atoms with E-state index in [0.29, 0.717) is 23.1 Å². The molecule has 8 nitrogen and oxygen atoms in total. The van der Waals surface area contributed by atoms with Crippen LogP contribution in [0.4, 0.5) is 0 Å². The highest BCUT2D eigenvalue weighted by Crippen LogP contribution is 2.24. The first-order valence-electron chi connectivity index (χ1n) is 9.40.